The van der Waals surface area contributed by atoms with Crippen molar-refractivity contribution in [2.24, 2.45) is 11.5 Å². The highest BCUT2D eigenvalue weighted by Crippen LogP contribution is 2.44. The van der Waals surface area contributed by atoms with Gasteiger partial charge in [-0.15, -0.1) is 0 Å². The third-order valence-electron chi connectivity index (χ3n) is 11.6. The van der Waals surface area contributed by atoms with Crippen molar-refractivity contribution in [1.29, 1.82) is 0 Å². The molecule has 0 bridgehead atoms. The number of hydrogen-bond acceptors (Lipinski definition) is 8. The number of nitrogens with two attached hydrogens (primary N) is 2. The number of alkyl halides is 6. The molecular weight excluding hydrogens is 905 g/mol. The fraction of sp³-hybridized carbons (Fsp3) is 0.240. The Morgan fingerprint density at radius 3 is 1.01 bits per heavy atom. The molecule has 2 atom stereocenters. The van der Waals surface area contributed by atoms with E-state index >= 15 is 9.59 Å². The molecule has 6 rings (SSSR count). The van der Waals surface area contributed by atoms with Crippen molar-refractivity contribution in [2.75, 3.05) is 51.3 Å². The summed E-state index contributed by atoms with van der Waals surface area (Å²) < 4.78 is 133. The molecule has 10 nitrogen and oxygen atoms in total. The Morgan fingerprint density at radius 2 is 0.735 bits per heavy atom. The predicted molar refractivity (Wildman–Crippen MR) is 239 cm³/mol. The predicted octanol–water partition coefficient (Wildman–Crippen LogP) is 9.60. The molecule has 358 valence electrons. The van der Waals surface area contributed by atoms with Crippen molar-refractivity contribution in [3.05, 3.63) is 178 Å². The van der Waals surface area contributed by atoms with Gasteiger partial charge in [0, 0.05) is 36.6 Å². The fourth-order valence-electron chi connectivity index (χ4n) is 7.77. The van der Waals surface area contributed by atoms with Gasteiger partial charge in [0.25, 0.3) is 11.8 Å². The minimum Gasteiger partial charge on any atom is -0.493 e. The quantitative estimate of drug-likeness (QED) is 0.0866. The van der Waals surface area contributed by atoms with E-state index in [-0.39, 0.29) is 71.4 Å². The topological polar surface area (TPSA) is 130 Å². The first-order valence-corrected chi connectivity index (χ1v) is 20.7. The summed E-state index contributed by atoms with van der Waals surface area (Å²) in [5.41, 5.74) is 8.10. The molecule has 0 saturated heterocycles. The summed E-state index contributed by atoms with van der Waals surface area (Å²) in [7, 11) is 5.44. The molecule has 0 aliphatic carbocycles. The van der Waals surface area contributed by atoms with Crippen LogP contribution in [0.25, 0.3) is 0 Å². The smallest absolute Gasteiger partial charge is 0.416 e. The second-order valence-electron chi connectivity index (χ2n) is 15.5. The number of carbonyl (C=O) groups excluding carboxylic acids is 2. The number of hydrogen-bond donors (Lipinski definition) is 2. The molecule has 2 amide bonds. The van der Waals surface area contributed by atoms with Gasteiger partial charge in [-0.05, 0) is 108 Å². The number of methoxy groups -OCH3 is 4. The Balaban J connectivity index is 1.60. The van der Waals surface area contributed by atoms with Crippen LogP contribution in [-0.4, -0.2) is 53.3 Å². The van der Waals surface area contributed by atoms with Gasteiger partial charge in [0.1, 0.15) is 11.6 Å². The van der Waals surface area contributed by atoms with Gasteiger partial charge in [-0.3, -0.25) is 9.59 Å². The number of halogens is 8. The van der Waals surface area contributed by atoms with Crippen LogP contribution in [0.2, 0.25) is 0 Å². The van der Waals surface area contributed by atoms with Gasteiger partial charge in [0.15, 0.2) is 34.1 Å². The lowest BCUT2D eigenvalue weighted by molar-refractivity contribution is -0.138. The van der Waals surface area contributed by atoms with E-state index in [1.807, 2.05) is 0 Å². The molecule has 0 saturated carbocycles. The maximum absolute atomic E-state index is 16.1. The van der Waals surface area contributed by atoms with Crippen LogP contribution in [0.5, 0.6) is 23.0 Å². The monoisotopic (exact) mass is 950 g/mol. The molecule has 68 heavy (non-hydrogen) atoms. The zero-order valence-corrected chi connectivity index (χ0v) is 37.1. The molecule has 4 N–H and O–H groups in total. The highest BCUT2D eigenvalue weighted by Gasteiger charge is 2.61. The Morgan fingerprint density at radius 1 is 0.441 bits per heavy atom. The van der Waals surface area contributed by atoms with Crippen LogP contribution >= 0.6 is 0 Å². The van der Waals surface area contributed by atoms with E-state index < -0.39 is 58.0 Å². The van der Waals surface area contributed by atoms with E-state index in [1.54, 1.807) is 0 Å². The van der Waals surface area contributed by atoms with Crippen molar-refractivity contribution in [2.45, 2.75) is 36.3 Å². The van der Waals surface area contributed by atoms with Gasteiger partial charge in [-0.2, -0.15) is 26.3 Å². The third-order valence-corrected chi connectivity index (χ3v) is 11.6. The van der Waals surface area contributed by atoms with Crippen molar-refractivity contribution >= 4 is 23.2 Å². The zero-order chi connectivity index (χ0) is 49.6. The fourth-order valence-corrected chi connectivity index (χ4v) is 7.77. The highest BCUT2D eigenvalue weighted by molar-refractivity contribution is 6.11. The van der Waals surface area contributed by atoms with Crippen LogP contribution in [0.15, 0.2) is 133 Å². The lowest BCUT2D eigenvalue weighted by atomic mass is 9.67. The van der Waals surface area contributed by atoms with E-state index in [0.717, 1.165) is 82.6 Å². The largest absolute Gasteiger partial charge is 0.493 e. The molecule has 0 fully saturated rings. The Kier molecular flexibility index (Phi) is 15.0. The summed E-state index contributed by atoms with van der Waals surface area (Å²) in [6, 6.07) is 25.8. The van der Waals surface area contributed by atoms with Crippen LogP contribution in [0.4, 0.5) is 46.5 Å². The van der Waals surface area contributed by atoms with E-state index in [2.05, 4.69) is 0 Å². The number of ether oxygens (including phenoxy) is 4. The minimum absolute atomic E-state index is 0.0875. The van der Waals surface area contributed by atoms with Gasteiger partial charge in [-0.25, -0.2) is 8.78 Å². The van der Waals surface area contributed by atoms with Gasteiger partial charge in [0.05, 0.1) is 39.6 Å². The van der Waals surface area contributed by atoms with E-state index in [9.17, 15) is 35.1 Å². The van der Waals surface area contributed by atoms with Gasteiger partial charge >= 0.3 is 12.4 Å². The van der Waals surface area contributed by atoms with Crippen molar-refractivity contribution in [3.8, 4) is 23.0 Å². The standard InChI is InChI=1S/C50H46F8N4O6/c1-65-41-23-21-39(29-43(41)67-3)61(27-25-31-5-9-35(10-6-31)49(53,54)55)45(63)47(59,33-13-17-37(51)18-14-33)48(60,34-15-19-38(52)20-16-34)46(64)62(40-22-24-42(66-2)44(30-40)68-4)28-26-32-7-11-36(12-8-32)50(56,57)58/h5-24,29-30H,25-28,59-60H2,1-4H3. The number of rotatable bonds is 17. The normalized spacial score (nSPS) is 13.4. The second-order valence-corrected chi connectivity index (χ2v) is 15.5. The number of amides is 2. The Bertz CT molecular complexity index is 2520. The average Bonchev–Trinajstić information content (AvgIpc) is 3.33. The first-order valence-electron chi connectivity index (χ1n) is 20.7. The van der Waals surface area contributed by atoms with Crippen LogP contribution in [0.1, 0.15) is 33.4 Å². The van der Waals surface area contributed by atoms with Crippen LogP contribution in [0, 0.1) is 11.6 Å². The van der Waals surface area contributed by atoms with Crippen LogP contribution in [-0.2, 0) is 45.9 Å². The Hall–Kier alpha value is -7.18. The van der Waals surface area contributed by atoms with Gasteiger partial charge in [-0.1, -0.05) is 48.5 Å². The molecule has 2 unspecified atom stereocenters. The van der Waals surface area contributed by atoms with E-state index in [0.29, 0.717) is 11.1 Å². The summed E-state index contributed by atoms with van der Waals surface area (Å²) in [6.45, 7) is -0.637. The summed E-state index contributed by atoms with van der Waals surface area (Å²) in [5, 5.41) is 0. The first kappa shape index (κ1) is 50.2. The third kappa shape index (κ3) is 10.4. The Labute approximate surface area is 386 Å². The van der Waals surface area contributed by atoms with Crippen LogP contribution < -0.4 is 40.2 Å². The molecule has 0 aliphatic heterocycles. The summed E-state index contributed by atoms with van der Waals surface area (Å²) >= 11 is 0. The number of nitrogens with zero attached hydrogens (tertiary/aromatic N) is 2. The molecule has 0 radical (unpaired) electrons. The van der Waals surface area contributed by atoms with Crippen molar-refractivity contribution < 1.29 is 63.7 Å². The molecular formula is C50H46F8N4O6. The molecule has 0 aromatic heterocycles. The lowest BCUT2D eigenvalue weighted by Gasteiger charge is -2.48. The molecule has 6 aromatic carbocycles. The molecule has 0 heterocycles. The summed E-state index contributed by atoms with van der Waals surface area (Å²) in [6.07, 6.45) is -9.45. The minimum atomic E-state index is -4.63. The lowest BCUT2D eigenvalue weighted by Crippen LogP contribution is -2.74. The highest BCUT2D eigenvalue weighted by atomic mass is 19.4. The SMILES string of the molecule is COc1ccc(N(CCc2ccc(C(F)(F)F)cc2)C(=O)C(N)(c2ccc(F)cc2)C(N)(C(=O)N(CCc2ccc(C(F)(F)F)cc2)c2ccc(OC)c(OC)c2)c2ccc(F)cc2)cc1OC. The summed E-state index contributed by atoms with van der Waals surface area (Å²) in [5.74, 6) is -2.95. The van der Waals surface area contributed by atoms with E-state index in [1.165, 1.54) is 89.1 Å². The average molecular weight is 951 g/mol. The second kappa shape index (κ2) is 20.4. The van der Waals surface area contributed by atoms with E-state index in [4.69, 9.17) is 30.4 Å². The number of benzene rings is 6. The summed E-state index contributed by atoms with van der Waals surface area (Å²) in [4.78, 5) is 34.4. The maximum atomic E-state index is 16.1. The van der Waals surface area contributed by atoms with Gasteiger partial charge < -0.3 is 40.2 Å². The molecule has 6 aromatic rings. The van der Waals surface area contributed by atoms with Crippen molar-refractivity contribution in [3.63, 3.8) is 0 Å². The molecule has 0 aliphatic rings. The van der Waals surface area contributed by atoms with Crippen LogP contribution in [0.3, 0.4) is 0 Å². The first-order chi connectivity index (χ1) is 32.2. The van der Waals surface area contributed by atoms with Gasteiger partial charge in [0.2, 0.25) is 0 Å². The maximum Gasteiger partial charge on any atom is 0.416 e. The number of carbonyl (C=O) groups is 2. The number of anilines is 2. The van der Waals surface area contributed by atoms with Crippen molar-refractivity contribution in [1.82, 2.24) is 0 Å². The zero-order valence-electron chi connectivity index (χ0n) is 37.1. The molecule has 18 heteroatoms. The molecule has 0 spiro atoms.